The first kappa shape index (κ1) is 29.4. The Morgan fingerprint density at radius 1 is 1.12 bits per heavy atom. The Morgan fingerprint density at radius 2 is 1.80 bits per heavy atom. The molecule has 0 radical (unpaired) electrons. The molecule has 41 heavy (non-hydrogen) atoms. The van der Waals surface area contributed by atoms with Gasteiger partial charge in [0.1, 0.15) is 12.1 Å². The molecule has 1 aromatic carbocycles. The molecule has 3 heterocycles. The van der Waals surface area contributed by atoms with E-state index in [0.29, 0.717) is 4.90 Å². The van der Waals surface area contributed by atoms with Gasteiger partial charge in [0.05, 0.1) is 0 Å². The molecule has 2 unspecified atom stereocenters. The molecule has 3 aliphatic rings. The van der Waals surface area contributed by atoms with Crippen molar-refractivity contribution in [2.24, 2.45) is 0 Å². The van der Waals surface area contributed by atoms with Crippen LogP contribution in [0.3, 0.4) is 0 Å². The molecular weight excluding hydrogens is 564 g/mol. The fourth-order valence-corrected chi connectivity index (χ4v) is 6.99. The Bertz CT molecular complexity index is 1350. The Morgan fingerprint density at radius 3 is 2.39 bits per heavy atom. The van der Waals surface area contributed by atoms with Crippen LogP contribution in [0.1, 0.15) is 32.4 Å². The van der Waals surface area contributed by atoms with E-state index in [0.717, 1.165) is 28.8 Å². The molecule has 4 rings (SSSR count). The molecular formula is C24H28N6O10S. The number of phenols is 2. The summed E-state index contributed by atoms with van der Waals surface area (Å²) in [4.78, 5) is 89.3. The number of hydrogen-bond acceptors (Lipinski definition) is 10. The summed E-state index contributed by atoms with van der Waals surface area (Å²) >= 11 is 0.943. The van der Waals surface area contributed by atoms with Crippen LogP contribution >= 0.6 is 11.8 Å². The Balaban J connectivity index is 1.63. The SMILES string of the molecule is CCN1CCN(C(=O)NC(C(=O)N[C@@H]2C(=O)N3[C@@H](C(=O)O)C(C)(C)SC23NC=O)c2ccc(O)c(O)c2)C(=O)C1=O. The number of carbonyl (C=O) groups excluding carboxylic acids is 6. The molecule has 0 saturated carbocycles. The van der Waals surface area contributed by atoms with Crippen LogP contribution < -0.4 is 16.0 Å². The van der Waals surface area contributed by atoms with E-state index < -0.39 is 75.0 Å². The van der Waals surface area contributed by atoms with E-state index in [-0.39, 0.29) is 31.6 Å². The van der Waals surface area contributed by atoms with Crippen LogP contribution in [0.25, 0.3) is 0 Å². The van der Waals surface area contributed by atoms with Crippen molar-refractivity contribution in [1.29, 1.82) is 0 Å². The molecule has 6 N–H and O–H groups in total. The zero-order valence-corrected chi connectivity index (χ0v) is 22.9. The number of amides is 7. The molecule has 17 heteroatoms. The Labute approximate surface area is 237 Å². The molecule has 0 aliphatic carbocycles. The van der Waals surface area contributed by atoms with E-state index in [9.17, 15) is 48.9 Å². The summed E-state index contributed by atoms with van der Waals surface area (Å²) in [6, 6.07) is -2.37. The van der Waals surface area contributed by atoms with Crippen molar-refractivity contribution in [3.63, 3.8) is 0 Å². The number of likely N-dealkylation sites (N-methyl/N-ethyl adjacent to an activating group) is 1. The van der Waals surface area contributed by atoms with Gasteiger partial charge in [-0.25, -0.2) is 9.59 Å². The number of nitrogens with one attached hydrogen (secondary N) is 3. The number of aliphatic carboxylic acids is 1. The zero-order chi connectivity index (χ0) is 30.4. The molecule has 3 saturated heterocycles. The van der Waals surface area contributed by atoms with Gasteiger partial charge in [0.15, 0.2) is 22.5 Å². The zero-order valence-electron chi connectivity index (χ0n) is 22.1. The van der Waals surface area contributed by atoms with E-state index in [2.05, 4.69) is 16.0 Å². The van der Waals surface area contributed by atoms with Crippen LogP contribution in [-0.2, 0) is 28.8 Å². The minimum absolute atomic E-state index is 0.0649. The van der Waals surface area contributed by atoms with Gasteiger partial charge in [0.25, 0.3) is 5.91 Å². The lowest BCUT2D eigenvalue weighted by atomic mass is 9.92. The number of carbonyl (C=O) groups is 7. The molecule has 3 fully saturated rings. The number of thioether (sulfide) groups is 1. The molecule has 7 amide bonds. The van der Waals surface area contributed by atoms with E-state index in [1.54, 1.807) is 20.8 Å². The second-order valence-electron chi connectivity index (χ2n) is 10.0. The van der Waals surface area contributed by atoms with Gasteiger partial charge in [-0.15, -0.1) is 11.8 Å². The van der Waals surface area contributed by atoms with Crippen LogP contribution in [0, 0.1) is 0 Å². The van der Waals surface area contributed by atoms with E-state index in [4.69, 9.17) is 0 Å². The maximum absolute atomic E-state index is 13.6. The number of aromatic hydroxyl groups is 2. The Kier molecular flexibility index (Phi) is 7.51. The number of imide groups is 1. The summed E-state index contributed by atoms with van der Waals surface area (Å²) < 4.78 is -1.08. The summed E-state index contributed by atoms with van der Waals surface area (Å²) in [7, 11) is 0. The minimum Gasteiger partial charge on any atom is -0.504 e. The van der Waals surface area contributed by atoms with Gasteiger partial charge in [-0.2, -0.15) is 0 Å². The lowest BCUT2D eigenvalue weighted by Crippen LogP contribution is -2.82. The van der Waals surface area contributed by atoms with E-state index in [1.807, 2.05) is 0 Å². The van der Waals surface area contributed by atoms with Crippen molar-refractivity contribution in [3.8, 4) is 11.5 Å². The van der Waals surface area contributed by atoms with Gasteiger partial charge in [-0.3, -0.25) is 33.8 Å². The molecule has 0 spiro atoms. The summed E-state index contributed by atoms with van der Waals surface area (Å²) in [5.74, 6) is -6.36. The average Bonchev–Trinajstić information content (AvgIpc) is 3.12. The van der Waals surface area contributed by atoms with Gasteiger partial charge in [-0.1, -0.05) is 6.07 Å². The van der Waals surface area contributed by atoms with Gasteiger partial charge < -0.3 is 36.2 Å². The number of fused-ring (bicyclic) bond motifs is 1. The van der Waals surface area contributed by atoms with Crippen LogP contribution in [0.15, 0.2) is 18.2 Å². The topological polar surface area (TPSA) is 226 Å². The van der Waals surface area contributed by atoms with Gasteiger partial charge in [-0.05, 0) is 38.5 Å². The molecule has 220 valence electrons. The third-order valence-corrected chi connectivity index (χ3v) is 8.76. The maximum Gasteiger partial charge on any atom is 0.327 e. The van der Waals surface area contributed by atoms with Crippen LogP contribution in [0.4, 0.5) is 4.79 Å². The van der Waals surface area contributed by atoms with E-state index in [1.165, 1.54) is 11.0 Å². The normalized spacial score (nSPS) is 25.6. The highest BCUT2D eigenvalue weighted by molar-refractivity contribution is 8.02. The van der Waals surface area contributed by atoms with Gasteiger partial charge in [0.2, 0.25) is 12.3 Å². The van der Waals surface area contributed by atoms with Crippen molar-refractivity contribution < 1.29 is 48.9 Å². The summed E-state index contributed by atoms with van der Waals surface area (Å²) in [6.07, 6.45) is 0.266. The molecule has 1 aromatic rings. The van der Waals surface area contributed by atoms with Gasteiger partial charge in [0, 0.05) is 24.4 Å². The number of phenolic OH excluding ortho intramolecular Hbond substituents is 2. The smallest absolute Gasteiger partial charge is 0.327 e. The summed E-state index contributed by atoms with van der Waals surface area (Å²) in [5, 5.41) is 36.7. The fraction of sp³-hybridized carbons (Fsp3) is 0.458. The first-order chi connectivity index (χ1) is 19.2. The Hall–Kier alpha value is -4.54. The van der Waals surface area contributed by atoms with Crippen LogP contribution in [-0.4, -0.2) is 114 Å². The molecule has 0 bridgehead atoms. The molecule has 4 atom stereocenters. The number of benzene rings is 1. The minimum atomic E-state index is -1.68. The second kappa shape index (κ2) is 10.5. The van der Waals surface area contributed by atoms with Crippen LogP contribution in [0.2, 0.25) is 0 Å². The number of hydrogen-bond donors (Lipinski definition) is 6. The summed E-state index contributed by atoms with van der Waals surface area (Å²) in [5.41, 5.74) is -0.0686. The first-order valence-corrected chi connectivity index (χ1v) is 13.2. The maximum atomic E-state index is 13.6. The molecule has 16 nitrogen and oxygen atoms in total. The first-order valence-electron chi connectivity index (χ1n) is 12.4. The van der Waals surface area contributed by atoms with Crippen molar-refractivity contribution in [2.45, 2.75) is 48.6 Å². The highest BCUT2D eigenvalue weighted by Gasteiger charge is 2.74. The van der Waals surface area contributed by atoms with Crippen molar-refractivity contribution in [1.82, 2.24) is 30.7 Å². The highest BCUT2D eigenvalue weighted by Crippen LogP contribution is 2.56. The number of urea groups is 1. The summed E-state index contributed by atoms with van der Waals surface area (Å²) in [6.45, 7) is 4.94. The largest absolute Gasteiger partial charge is 0.504 e. The second-order valence-corrected chi connectivity index (χ2v) is 11.9. The highest BCUT2D eigenvalue weighted by atomic mass is 32.2. The van der Waals surface area contributed by atoms with Crippen molar-refractivity contribution in [2.75, 3.05) is 19.6 Å². The van der Waals surface area contributed by atoms with Crippen molar-refractivity contribution in [3.05, 3.63) is 23.8 Å². The van der Waals surface area contributed by atoms with Gasteiger partial charge >= 0.3 is 23.8 Å². The number of nitrogens with zero attached hydrogens (tertiary/aromatic N) is 3. The van der Waals surface area contributed by atoms with Crippen LogP contribution in [0.5, 0.6) is 11.5 Å². The molecule has 0 aromatic heterocycles. The number of piperazine rings is 1. The third-order valence-electron chi connectivity index (χ3n) is 7.15. The number of carboxylic acids is 1. The monoisotopic (exact) mass is 592 g/mol. The lowest BCUT2D eigenvalue weighted by Gasteiger charge is -2.52. The average molecular weight is 593 g/mol. The standard InChI is InChI=1S/C24H28N6O10S/c1-4-28-7-8-29(20(37)19(28)36)22(40)26-14(11-5-6-12(32)13(33)9-11)17(34)27-15-18(35)30-16(21(38)39)23(2,3)41-24(15,30)25-10-31/h5-6,9-10,14-16,32-33H,4,7-8H2,1-3H3,(H,25,31)(H,26,40)(H,27,34)(H,38,39)/t14?,15-,16+,24?/m1/s1. The third kappa shape index (κ3) is 4.75. The molecule has 3 aliphatic heterocycles. The number of carboxylic acid groups (broad SMARTS) is 1. The fourth-order valence-electron chi connectivity index (χ4n) is 5.19. The quantitative estimate of drug-likeness (QED) is 0.0858. The number of β-lactam (4-membered cyclic amide) rings is 1. The number of rotatable bonds is 8. The predicted octanol–water partition coefficient (Wildman–Crippen LogP) is -1.76. The lowest BCUT2D eigenvalue weighted by molar-refractivity contribution is -0.171. The van der Waals surface area contributed by atoms with Crippen molar-refractivity contribution >= 4 is 53.8 Å². The van der Waals surface area contributed by atoms with E-state index >= 15 is 0 Å². The predicted molar refractivity (Wildman–Crippen MR) is 139 cm³/mol.